The van der Waals surface area contributed by atoms with Crippen LogP contribution in [0.5, 0.6) is 11.5 Å². The van der Waals surface area contributed by atoms with Gasteiger partial charge in [-0.3, -0.25) is 0 Å². The molecule has 1 aliphatic heterocycles. The first kappa shape index (κ1) is 19.3. The highest BCUT2D eigenvalue weighted by Gasteiger charge is 2.32. The predicted octanol–water partition coefficient (Wildman–Crippen LogP) is 4.24. The molecule has 0 N–H and O–H groups in total. The van der Waals surface area contributed by atoms with E-state index < -0.39 is 5.60 Å². The van der Waals surface area contributed by atoms with E-state index in [-0.39, 0.29) is 5.97 Å². The summed E-state index contributed by atoms with van der Waals surface area (Å²) in [6.45, 7) is 11.3. The van der Waals surface area contributed by atoms with E-state index in [4.69, 9.17) is 18.9 Å². The van der Waals surface area contributed by atoms with E-state index in [0.29, 0.717) is 36.9 Å². The first-order valence-electron chi connectivity index (χ1n) is 8.66. The van der Waals surface area contributed by atoms with Gasteiger partial charge in [0, 0.05) is 18.7 Å². The van der Waals surface area contributed by atoms with Gasteiger partial charge in [-0.25, -0.2) is 4.79 Å². The van der Waals surface area contributed by atoms with Crippen LogP contribution < -0.4 is 9.47 Å². The Hall–Kier alpha value is -2.01. The Bertz CT molecular complexity index is 673. The second kappa shape index (κ2) is 7.91. The van der Waals surface area contributed by atoms with Gasteiger partial charge in [-0.15, -0.1) is 0 Å². The molecule has 0 aliphatic carbocycles. The molecule has 1 heterocycles. The fourth-order valence-corrected chi connectivity index (χ4v) is 2.73. The lowest BCUT2D eigenvalue weighted by atomic mass is 9.87. The van der Waals surface area contributed by atoms with Gasteiger partial charge in [0.2, 0.25) is 0 Å². The lowest BCUT2D eigenvalue weighted by Crippen LogP contribution is -2.33. The number of hydrogen-bond donors (Lipinski definition) is 0. The summed E-state index contributed by atoms with van der Waals surface area (Å²) in [6, 6.07) is 3.59. The minimum atomic E-state index is -0.398. The summed E-state index contributed by atoms with van der Waals surface area (Å²) < 4.78 is 22.2. The Balaban J connectivity index is 2.47. The van der Waals surface area contributed by atoms with Crippen molar-refractivity contribution in [2.45, 2.75) is 46.6 Å². The average Bonchev–Trinajstić information content (AvgIpc) is 2.57. The molecule has 0 saturated carbocycles. The Labute approximate surface area is 149 Å². The van der Waals surface area contributed by atoms with Crippen LogP contribution >= 0.6 is 0 Å². The molecule has 0 fully saturated rings. The second-order valence-corrected chi connectivity index (χ2v) is 6.68. The molecule has 5 heteroatoms. The van der Waals surface area contributed by atoms with E-state index >= 15 is 0 Å². The molecule has 0 bridgehead atoms. The number of carbonyl (C=O) groups is 1. The van der Waals surface area contributed by atoms with Crippen molar-refractivity contribution in [3.63, 3.8) is 0 Å². The van der Waals surface area contributed by atoms with Crippen molar-refractivity contribution in [1.82, 2.24) is 0 Å². The number of fused-ring (bicyclic) bond motifs is 1. The molecule has 0 aromatic heterocycles. The molecule has 0 amide bonds. The van der Waals surface area contributed by atoms with Crippen LogP contribution in [0.15, 0.2) is 17.7 Å². The van der Waals surface area contributed by atoms with E-state index in [9.17, 15) is 4.79 Å². The van der Waals surface area contributed by atoms with Gasteiger partial charge in [-0.1, -0.05) is 6.92 Å². The van der Waals surface area contributed by atoms with Gasteiger partial charge in [0.1, 0.15) is 29.3 Å². The van der Waals surface area contributed by atoms with Gasteiger partial charge in [0.25, 0.3) is 0 Å². The van der Waals surface area contributed by atoms with Crippen molar-refractivity contribution in [3.8, 4) is 11.5 Å². The van der Waals surface area contributed by atoms with Crippen LogP contribution in [0.25, 0.3) is 5.57 Å². The third kappa shape index (κ3) is 4.15. The van der Waals surface area contributed by atoms with Crippen LogP contribution in [-0.4, -0.2) is 38.5 Å². The highest BCUT2D eigenvalue weighted by Crippen LogP contribution is 2.43. The van der Waals surface area contributed by atoms with Gasteiger partial charge < -0.3 is 18.9 Å². The number of hydrogen-bond acceptors (Lipinski definition) is 5. The van der Waals surface area contributed by atoms with Crippen LogP contribution in [0, 0.1) is 0 Å². The third-order valence-corrected chi connectivity index (χ3v) is 4.52. The number of ether oxygens (including phenoxy) is 4. The Morgan fingerprint density at radius 3 is 2.52 bits per heavy atom. The Kier molecular flexibility index (Phi) is 6.11. The smallest absolute Gasteiger partial charge is 0.341 e. The molecule has 25 heavy (non-hydrogen) atoms. The summed E-state index contributed by atoms with van der Waals surface area (Å²) in [7, 11) is 1.61. The summed E-state index contributed by atoms with van der Waals surface area (Å²) in [6.07, 6.45) is 0.770. The maximum atomic E-state index is 12.5. The number of carbonyl (C=O) groups excluding carboxylic acids is 1. The van der Waals surface area contributed by atoms with E-state index in [1.54, 1.807) is 13.2 Å². The molecule has 5 nitrogen and oxygen atoms in total. The van der Waals surface area contributed by atoms with Gasteiger partial charge in [0.05, 0.1) is 13.2 Å². The maximum Gasteiger partial charge on any atom is 0.341 e. The third-order valence-electron chi connectivity index (χ3n) is 4.52. The van der Waals surface area contributed by atoms with Crippen LogP contribution in [-0.2, 0) is 9.47 Å². The zero-order chi connectivity index (χ0) is 18.6. The summed E-state index contributed by atoms with van der Waals surface area (Å²) >= 11 is 0. The van der Waals surface area contributed by atoms with Gasteiger partial charge in [-0.2, -0.15) is 0 Å². The summed E-state index contributed by atoms with van der Waals surface area (Å²) in [5.41, 5.74) is 3.17. The van der Waals surface area contributed by atoms with Gasteiger partial charge in [-0.05, 0) is 51.3 Å². The molecule has 1 aliphatic rings. The fourth-order valence-electron chi connectivity index (χ4n) is 2.73. The van der Waals surface area contributed by atoms with Crippen molar-refractivity contribution < 1.29 is 23.7 Å². The SMILES string of the molecule is CCCOC(=O)c1cc2c(cc1OCCOC)OC(C)(C)C(C)=C2C. The van der Waals surface area contributed by atoms with E-state index in [2.05, 4.69) is 6.92 Å². The molecule has 0 saturated heterocycles. The van der Waals surface area contributed by atoms with Crippen molar-refractivity contribution in [1.29, 1.82) is 0 Å². The monoisotopic (exact) mass is 348 g/mol. The lowest BCUT2D eigenvalue weighted by Gasteiger charge is -2.35. The molecular formula is C20H28O5. The summed E-state index contributed by atoms with van der Waals surface area (Å²) in [4.78, 5) is 12.5. The predicted molar refractivity (Wildman–Crippen MR) is 97.4 cm³/mol. The maximum absolute atomic E-state index is 12.5. The normalized spacial score (nSPS) is 15.4. The van der Waals surface area contributed by atoms with Crippen molar-refractivity contribution >= 4 is 11.5 Å². The fraction of sp³-hybridized carbons (Fsp3) is 0.550. The summed E-state index contributed by atoms with van der Waals surface area (Å²) in [5.74, 6) is 0.792. The van der Waals surface area contributed by atoms with Crippen molar-refractivity contribution in [2.24, 2.45) is 0 Å². The number of rotatable bonds is 7. The largest absolute Gasteiger partial charge is 0.490 e. The highest BCUT2D eigenvalue weighted by atomic mass is 16.5. The van der Waals surface area contributed by atoms with E-state index in [1.807, 2.05) is 33.8 Å². The molecule has 0 radical (unpaired) electrons. The van der Waals surface area contributed by atoms with Crippen molar-refractivity contribution in [2.75, 3.05) is 26.9 Å². The van der Waals surface area contributed by atoms with Crippen LogP contribution in [0.1, 0.15) is 57.0 Å². The van der Waals surface area contributed by atoms with Crippen LogP contribution in [0.2, 0.25) is 0 Å². The minimum absolute atomic E-state index is 0.348. The Morgan fingerprint density at radius 1 is 1.16 bits per heavy atom. The zero-order valence-electron chi connectivity index (χ0n) is 16.0. The Morgan fingerprint density at radius 2 is 1.88 bits per heavy atom. The quantitative estimate of drug-likeness (QED) is 0.545. The molecular weight excluding hydrogens is 320 g/mol. The zero-order valence-corrected chi connectivity index (χ0v) is 16.0. The number of esters is 1. The number of benzene rings is 1. The van der Waals surface area contributed by atoms with Crippen molar-refractivity contribution in [3.05, 3.63) is 28.8 Å². The highest BCUT2D eigenvalue weighted by molar-refractivity contribution is 5.95. The van der Waals surface area contributed by atoms with E-state index in [1.165, 1.54) is 0 Å². The first-order valence-corrected chi connectivity index (χ1v) is 8.66. The average molecular weight is 348 g/mol. The molecule has 0 spiro atoms. The molecule has 138 valence electrons. The molecule has 1 aromatic rings. The number of allylic oxidation sites excluding steroid dienone is 1. The standard InChI is InChI=1S/C20H28O5/c1-7-8-24-19(21)16-11-15-13(2)14(3)20(4,5)25-18(15)12-17(16)23-10-9-22-6/h11-12H,7-10H2,1-6H3. The van der Waals surface area contributed by atoms with Gasteiger partial charge >= 0.3 is 5.97 Å². The topological polar surface area (TPSA) is 54.0 Å². The van der Waals surface area contributed by atoms with Gasteiger partial charge in [0.15, 0.2) is 0 Å². The number of methoxy groups -OCH3 is 1. The minimum Gasteiger partial charge on any atom is -0.490 e. The molecule has 1 aromatic carbocycles. The lowest BCUT2D eigenvalue weighted by molar-refractivity contribution is 0.0498. The first-order chi connectivity index (χ1) is 11.8. The molecule has 0 unspecified atom stereocenters. The second-order valence-electron chi connectivity index (χ2n) is 6.68. The summed E-state index contributed by atoms with van der Waals surface area (Å²) in [5, 5.41) is 0. The van der Waals surface area contributed by atoms with Crippen LogP contribution in [0.3, 0.4) is 0 Å². The van der Waals surface area contributed by atoms with Crippen LogP contribution in [0.4, 0.5) is 0 Å². The molecule has 0 atom stereocenters. The molecule has 2 rings (SSSR count). The van der Waals surface area contributed by atoms with E-state index in [0.717, 1.165) is 23.1 Å².